The van der Waals surface area contributed by atoms with E-state index in [0.717, 1.165) is 32.4 Å². The molecule has 1 aromatic rings. The third-order valence-corrected chi connectivity index (χ3v) is 5.88. The summed E-state index contributed by atoms with van der Waals surface area (Å²) in [5, 5.41) is 15.0. The molecule has 2 rings (SSSR count). The number of nitrogens with one attached hydrogen (secondary N) is 3. The number of rotatable bonds is 9. The van der Waals surface area contributed by atoms with E-state index in [-0.39, 0.29) is 17.3 Å². The Balaban J connectivity index is 1.84. The molecule has 1 aliphatic rings. The SMILES string of the molecule is O=C(CCC1CCNCC1)NC[C@H](NS(=O)(=O)c1ccccc1)C(=O)O. The Labute approximate surface area is 153 Å². The molecule has 1 aliphatic heterocycles. The fourth-order valence-corrected chi connectivity index (χ4v) is 4.05. The maximum atomic E-state index is 12.2. The molecule has 0 unspecified atom stereocenters. The Hall–Kier alpha value is -1.97. The van der Waals surface area contributed by atoms with Crippen LogP contribution in [-0.4, -0.2) is 51.1 Å². The average molecular weight is 383 g/mol. The highest BCUT2D eigenvalue weighted by atomic mass is 32.2. The van der Waals surface area contributed by atoms with Crippen molar-refractivity contribution in [2.45, 2.75) is 36.6 Å². The fourth-order valence-electron chi connectivity index (χ4n) is 2.84. The number of carboxylic acids is 1. The Kier molecular flexibility index (Phi) is 7.55. The van der Waals surface area contributed by atoms with Crippen molar-refractivity contribution in [3.05, 3.63) is 30.3 Å². The van der Waals surface area contributed by atoms with Gasteiger partial charge in [-0.2, -0.15) is 4.72 Å². The van der Waals surface area contributed by atoms with Crippen LogP contribution >= 0.6 is 0 Å². The van der Waals surface area contributed by atoms with Gasteiger partial charge in [0.05, 0.1) is 4.90 Å². The number of carboxylic acid groups (broad SMARTS) is 1. The largest absolute Gasteiger partial charge is 0.480 e. The van der Waals surface area contributed by atoms with Crippen LogP contribution in [-0.2, 0) is 19.6 Å². The molecule has 1 aromatic carbocycles. The molecule has 0 bridgehead atoms. The predicted octanol–water partition coefficient (Wildman–Crippen LogP) is 0.314. The number of carbonyl (C=O) groups is 2. The molecule has 26 heavy (non-hydrogen) atoms. The Bertz CT molecular complexity index is 702. The molecule has 0 aromatic heterocycles. The monoisotopic (exact) mass is 383 g/mol. The minimum Gasteiger partial charge on any atom is -0.480 e. The first-order chi connectivity index (χ1) is 12.4. The molecule has 0 aliphatic carbocycles. The summed E-state index contributed by atoms with van der Waals surface area (Å²) in [6, 6.07) is 6.08. The van der Waals surface area contributed by atoms with Crippen molar-refractivity contribution in [3.8, 4) is 0 Å². The van der Waals surface area contributed by atoms with Crippen molar-refractivity contribution in [3.63, 3.8) is 0 Å². The van der Waals surface area contributed by atoms with E-state index in [1.807, 2.05) is 0 Å². The van der Waals surface area contributed by atoms with Crippen LogP contribution < -0.4 is 15.4 Å². The van der Waals surface area contributed by atoms with Crippen molar-refractivity contribution >= 4 is 21.9 Å². The third kappa shape index (κ3) is 6.40. The quantitative estimate of drug-likeness (QED) is 0.487. The standard InChI is InChI=1S/C17H25N3O5S/c21-16(7-6-13-8-10-18-11-9-13)19-12-15(17(22)23)20-26(24,25)14-4-2-1-3-5-14/h1-5,13,15,18,20H,6-12H2,(H,19,21)(H,22,23)/t15-/m0/s1. The number of amides is 1. The third-order valence-electron chi connectivity index (χ3n) is 4.39. The molecule has 1 fully saturated rings. The fraction of sp³-hybridized carbons (Fsp3) is 0.529. The molecule has 0 spiro atoms. The number of sulfonamides is 1. The summed E-state index contributed by atoms with van der Waals surface area (Å²) < 4.78 is 26.6. The second-order valence-electron chi connectivity index (χ2n) is 6.36. The van der Waals surface area contributed by atoms with Crippen LogP contribution in [0.3, 0.4) is 0 Å². The lowest BCUT2D eigenvalue weighted by Crippen LogP contribution is -2.48. The Morgan fingerprint density at radius 2 is 1.85 bits per heavy atom. The maximum absolute atomic E-state index is 12.2. The Morgan fingerprint density at radius 3 is 2.46 bits per heavy atom. The van der Waals surface area contributed by atoms with Crippen LogP contribution in [0.5, 0.6) is 0 Å². The number of aliphatic carboxylic acids is 1. The molecule has 1 amide bonds. The molecule has 1 saturated heterocycles. The van der Waals surface area contributed by atoms with Crippen LogP contribution in [0.2, 0.25) is 0 Å². The summed E-state index contributed by atoms with van der Waals surface area (Å²) in [6.45, 7) is 1.61. The zero-order chi connectivity index (χ0) is 19.0. The van der Waals surface area contributed by atoms with E-state index in [1.54, 1.807) is 18.2 Å². The molecular formula is C17H25N3O5S. The van der Waals surface area contributed by atoms with Gasteiger partial charge in [-0.05, 0) is 50.4 Å². The van der Waals surface area contributed by atoms with Gasteiger partial charge in [-0.3, -0.25) is 9.59 Å². The van der Waals surface area contributed by atoms with Crippen LogP contribution in [0.1, 0.15) is 25.7 Å². The van der Waals surface area contributed by atoms with Gasteiger partial charge < -0.3 is 15.7 Å². The summed E-state index contributed by atoms with van der Waals surface area (Å²) in [4.78, 5) is 23.3. The highest BCUT2D eigenvalue weighted by Gasteiger charge is 2.26. The van der Waals surface area contributed by atoms with Gasteiger partial charge in [0, 0.05) is 13.0 Å². The van der Waals surface area contributed by atoms with Crippen molar-refractivity contribution < 1.29 is 23.1 Å². The molecule has 4 N–H and O–H groups in total. The van der Waals surface area contributed by atoms with E-state index < -0.39 is 22.0 Å². The van der Waals surface area contributed by atoms with Crippen LogP contribution in [0.15, 0.2) is 35.2 Å². The van der Waals surface area contributed by atoms with Crippen molar-refractivity contribution in [2.75, 3.05) is 19.6 Å². The summed E-state index contributed by atoms with van der Waals surface area (Å²) in [7, 11) is -3.97. The number of hydrogen-bond donors (Lipinski definition) is 4. The molecule has 144 valence electrons. The highest BCUT2D eigenvalue weighted by Crippen LogP contribution is 2.17. The molecule has 0 saturated carbocycles. The first kappa shape index (κ1) is 20.3. The van der Waals surface area contributed by atoms with Gasteiger partial charge in [0.1, 0.15) is 6.04 Å². The first-order valence-corrected chi connectivity index (χ1v) is 10.1. The second kappa shape index (κ2) is 9.65. The van der Waals surface area contributed by atoms with Crippen molar-refractivity contribution in [1.82, 2.24) is 15.4 Å². The normalized spacial score (nSPS) is 16.8. The predicted molar refractivity (Wildman–Crippen MR) is 96.0 cm³/mol. The summed E-state index contributed by atoms with van der Waals surface area (Å²) >= 11 is 0. The van der Waals surface area contributed by atoms with Gasteiger partial charge in [-0.1, -0.05) is 18.2 Å². The van der Waals surface area contributed by atoms with Crippen LogP contribution in [0.25, 0.3) is 0 Å². The van der Waals surface area contributed by atoms with Crippen molar-refractivity contribution in [1.29, 1.82) is 0 Å². The number of benzene rings is 1. The van der Waals surface area contributed by atoms with Gasteiger partial charge in [0.2, 0.25) is 15.9 Å². The smallest absolute Gasteiger partial charge is 0.323 e. The van der Waals surface area contributed by atoms with Gasteiger partial charge >= 0.3 is 5.97 Å². The van der Waals surface area contributed by atoms with Gasteiger partial charge in [-0.15, -0.1) is 0 Å². The number of piperidine rings is 1. The van der Waals surface area contributed by atoms with Gasteiger partial charge in [0.15, 0.2) is 0 Å². The van der Waals surface area contributed by atoms with E-state index in [4.69, 9.17) is 0 Å². The molecule has 0 radical (unpaired) electrons. The highest BCUT2D eigenvalue weighted by molar-refractivity contribution is 7.89. The maximum Gasteiger partial charge on any atom is 0.323 e. The molecule has 9 heteroatoms. The lowest BCUT2D eigenvalue weighted by atomic mass is 9.93. The molecular weight excluding hydrogens is 358 g/mol. The minimum absolute atomic E-state index is 0.0246. The van der Waals surface area contributed by atoms with E-state index in [1.165, 1.54) is 12.1 Å². The summed E-state index contributed by atoms with van der Waals surface area (Å²) in [5.41, 5.74) is 0. The van der Waals surface area contributed by atoms with E-state index in [9.17, 15) is 23.1 Å². The molecule has 1 atom stereocenters. The van der Waals surface area contributed by atoms with E-state index in [2.05, 4.69) is 15.4 Å². The summed E-state index contributed by atoms with van der Waals surface area (Å²) in [6.07, 6.45) is 3.12. The first-order valence-electron chi connectivity index (χ1n) is 8.66. The second-order valence-corrected chi connectivity index (χ2v) is 8.08. The minimum atomic E-state index is -3.97. The lowest BCUT2D eigenvalue weighted by molar-refractivity contribution is -0.138. The van der Waals surface area contributed by atoms with Crippen LogP contribution in [0, 0.1) is 5.92 Å². The van der Waals surface area contributed by atoms with Gasteiger partial charge in [-0.25, -0.2) is 8.42 Å². The average Bonchev–Trinajstić information content (AvgIpc) is 2.64. The van der Waals surface area contributed by atoms with Gasteiger partial charge in [0.25, 0.3) is 0 Å². The summed E-state index contributed by atoms with van der Waals surface area (Å²) in [5.74, 6) is -1.12. The number of carbonyl (C=O) groups excluding carboxylic acids is 1. The zero-order valence-electron chi connectivity index (χ0n) is 14.5. The Morgan fingerprint density at radius 1 is 1.19 bits per heavy atom. The van der Waals surface area contributed by atoms with Crippen LogP contribution in [0.4, 0.5) is 0 Å². The van der Waals surface area contributed by atoms with E-state index >= 15 is 0 Å². The lowest BCUT2D eigenvalue weighted by Gasteiger charge is -2.22. The zero-order valence-corrected chi connectivity index (χ0v) is 15.3. The molecule has 8 nitrogen and oxygen atoms in total. The number of hydrogen-bond acceptors (Lipinski definition) is 5. The molecule has 1 heterocycles. The topological polar surface area (TPSA) is 125 Å². The van der Waals surface area contributed by atoms with E-state index in [0.29, 0.717) is 12.3 Å². The van der Waals surface area contributed by atoms with Crippen molar-refractivity contribution in [2.24, 2.45) is 5.92 Å².